The van der Waals surface area contributed by atoms with Crippen LogP contribution in [0.25, 0.3) is 0 Å². The van der Waals surface area contributed by atoms with Gasteiger partial charge in [0, 0.05) is 19.3 Å². The van der Waals surface area contributed by atoms with Crippen LogP contribution in [-0.2, 0) is 9.84 Å². The summed E-state index contributed by atoms with van der Waals surface area (Å²) in [6.45, 7) is 4.43. The Bertz CT molecular complexity index is 288. The molecule has 0 aliphatic carbocycles. The molecule has 0 saturated carbocycles. The first-order valence-electron chi connectivity index (χ1n) is 5.41. The second-order valence-electron chi connectivity index (χ2n) is 4.82. The number of aliphatic hydroxyl groups is 1. The van der Waals surface area contributed by atoms with Crippen LogP contribution in [0, 0.1) is 0 Å². The molecule has 0 spiro atoms. The van der Waals surface area contributed by atoms with Gasteiger partial charge in [-0.3, -0.25) is 0 Å². The summed E-state index contributed by atoms with van der Waals surface area (Å²) in [5.74, 6) is 0.264. The molecule has 0 aromatic carbocycles. The molecule has 5 heteroatoms. The lowest BCUT2D eigenvalue weighted by Crippen LogP contribution is -2.42. The van der Waals surface area contributed by atoms with Crippen molar-refractivity contribution in [3.05, 3.63) is 0 Å². The van der Waals surface area contributed by atoms with Crippen LogP contribution in [0.1, 0.15) is 26.2 Å². The van der Waals surface area contributed by atoms with Crippen LogP contribution in [0.2, 0.25) is 0 Å². The molecule has 1 fully saturated rings. The zero-order valence-electron chi connectivity index (χ0n) is 9.57. The van der Waals surface area contributed by atoms with E-state index >= 15 is 0 Å². The van der Waals surface area contributed by atoms with E-state index in [1.807, 2.05) is 6.92 Å². The van der Waals surface area contributed by atoms with Crippen molar-refractivity contribution in [2.45, 2.75) is 31.8 Å². The van der Waals surface area contributed by atoms with Gasteiger partial charge in [-0.2, -0.15) is 0 Å². The Morgan fingerprint density at radius 3 is 2.33 bits per heavy atom. The van der Waals surface area contributed by atoms with Crippen LogP contribution in [-0.4, -0.2) is 55.7 Å². The Morgan fingerprint density at radius 1 is 1.33 bits per heavy atom. The lowest BCUT2D eigenvalue weighted by molar-refractivity contribution is -0.00511. The largest absolute Gasteiger partial charge is 0.390 e. The maximum absolute atomic E-state index is 10.9. The molecule has 1 aliphatic rings. The predicted molar refractivity (Wildman–Crippen MR) is 60.6 cm³/mol. The van der Waals surface area contributed by atoms with E-state index in [4.69, 9.17) is 0 Å². The molecule has 0 amide bonds. The highest BCUT2D eigenvalue weighted by Gasteiger charge is 2.26. The number of sulfone groups is 1. The van der Waals surface area contributed by atoms with Crippen molar-refractivity contribution < 1.29 is 13.5 Å². The highest BCUT2D eigenvalue weighted by Crippen LogP contribution is 2.20. The van der Waals surface area contributed by atoms with Crippen molar-refractivity contribution in [2.75, 3.05) is 31.6 Å². The van der Waals surface area contributed by atoms with Crippen LogP contribution < -0.4 is 0 Å². The maximum Gasteiger partial charge on any atom is 0.147 e. The average molecular weight is 235 g/mol. The maximum atomic E-state index is 10.9. The van der Waals surface area contributed by atoms with Gasteiger partial charge in [0.25, 0.3) is 0 Å². The zero-order chi connectivity index (χ0) is 11.5. The number of likely N-dealkylation sites (tertiary alicyclic amines) is 1. The number of hydrogen-bond donors (Lipinski definition) is 1. The molecular formula is C10H21NO3S. The van der Waals surface area contributed by atoms with Crippen LogP contribution in [0.3, 0.4) is 0 Å². The summed E-state index contributed by atoms with van der Waals surface area (Å²) in [6.07, 6.45) is 3.53. The van der Waals surface area contributed by atoms with Gasteiger partial charge in [-0.15, -0.1) is 0 Å². The molecule has 4 nitrogen and oxygen atoms in total. The topological polar surface area (TPSA) is 57.6 Å². The minimum Gasteiger partial charge on any atom is -0.390 e. The van der Waals surface area contributed by atoms with E-state index in [1.54, 1.807) is 0 Å². The zero-order valence-corrected chi connectivity index (χ0v) is 10.4. The molecular weight excluding hydrogens is 214 g/mol. The first-order valence-corrected chi connectivity index (χ1v) is 7.47. The summed E-state index contributed by atoms with van der Waals surface area (Å²) in [5.41, 5.74) is -0.521. The predicted octanol–water partition coefficient (Wildman–Crippen LogP) is 0.268. The Morgan fingerprint density at radius 2 is 1.87 bits per heavy atom. The van der Waals surface area contributed by atoms with E-state index in [1.165, 1.54) is 6.26 Å². The van der Waals surface area contributed by atoms with Crippen LogP contribution in [0.15, 0.2) is 0 Å². The quantitative estimate of drug-likeness (QED) is 0.760. The fourth-order valence-corrected chi connectivity index (χ4v) is 2.46. The first-order chi connectivity index (χ1) is 6.79. The van der Waals surface area contributed by atoms with Crippen molar-refractivity contribution in [1.29, 1.82) is 0 Å². The second-order valence-corrected chi connectivity index (χ2v) is 7.08. The van der Waals surface area contributed by atoms with Crippen molar-refractivity contribution in [2.24, 2.45) is 0 Å². The van der Waals surface area contributed by atoms with Gasteiger partial charge in [-0.1, -0.05) is 0 Å². The van der Waals surface area contributed by atoms with Crippen LogP contribution >= 0.6 is 0 Å². The molecule has 1 saturated heterocycles. The Balaban J connectivity index is 2.20. The Hall–Kier alpha value is -0.130. The third kappa shape index (κ3) is 5.49. The van der Waals surface area contributed by atoms with E-state index in [-0.39, 0.29) is 5.75 Å². The highest BCUT2D eigenvalue weighted by atomic mass is 32.2. The van der Waals surface area contributed by atoms with Gasteiger partial charge in [-0.05, 0) is 32.7 Å². The number of piperidine rings is 1. The lowest BCUT2D eigenvalue weighted by atomic mass is 9.94. The molecule has 0 bridgehead atoms. The van der Waals surface area contributed by atoms with Crippen molar-refractivity contribution in [3.8, 4) is 0 Å². The molecule has 0 radical (unpaired) electrons. The summed E-state index contributed by atoms with van der Waals surface area (Å²) in [7, 11) is -2.82. The molecule has 1 N–H and O–H groups in total. The van der Waals surface area contributed by atoms with Gasteiger partial charge in [0.1, 0.15) is 9.84 Å². The van der Waals surface area contributed by atoms with Gasteiger partial charge < -0.3 is 10.0 Å². The highest BCUT2D eigenvalue weighted by molar-refractivity contribution is 7.90. The normalized spacial score (nSPS) is 22.9. The van der Waals surface area contributed by atoms with Gasteiger partial charge in [-0.25, -0.2) is 8.42 Å². The second kappa shape index (κ2) is 4.80. The smallest absolute Gasteiger partial charge is 0.147 e. The molecule has 15 heavy (non-hydrogen) atoms. The molecule has 1 rings (SSSR count). The number of rotatable bonds is 4. The first kappa shape index (κ1) is 12.9. The minimum absolute atomic E-state index is 0.264. The Labute approximate surface area is 92.2 Å². The standard InChI is InChI=1S/C10H21NO3S/c1-10(12)4-7-11(8-5-10)6-3-9-15(2,13)14/h12H,3-9H2,1-2H3. The summed E-state index contributed by atoms with van der Waals surface area (Å²) < 4.78 is 21.8. The van der Waals surface area contributed by atoms with E-state index in [2.05, 4.69) is 4.90 Å². The van der Waals surface area contributed by atoms with E-state index in [0.29, 0.717) is 6.42 Å². The molecule has 90 valence electrons. The van der Waals surface area contributed by atoms with E-state index in [0.717, 1.165) is 32.5 Å². The molecule has 1 aliphatic heterocycles. The van der Waals surface area contributed by atoms with Gasteiger partial charge in [0.2, 0.25) is 0 Å². The van der Waals surface area contributed by atoms with Crippen LogP contribution in [0.4, 0.5) is 0 Å². The van der Waals surface area contributed by atoms with Crippen LogP contribution in [0.5, 0.6) is 0 Å². The summed E-state index contributed by atoms with van der Waals surface area (Å²) >= 11 is 0. The summed E-state index contributed by atoms with van der Waals surface area (Å²) in [6, 6.07) is 0. The van der Waals surface area contributed by atoms with Crippen molar-refractivity contribution in [1.82, 2.24) is 4.90 Å². The summed E-state index contributed by atoms with van der Waals surface area (Å²) in [4.78, 5) is 2.23. The average Bonchev–Trinajstić information content (AvgIpc) is 2.06. The monoisotopic (exact) mass is 235 g/mol. The van der Waals surface area contributed by atoms with Gasteiger partial charge in [0.05, 0.1) is 11.4 Å². The third-order valence-electron chi connectivity index (χ3n) is 2.92. The summed E-state index contributed by atoms with van der Waals surface area (Å²) in [5, 5.41) is 9.72. The number of hydrogen-bond acceptors (Lipinski definition) is 4. The third-order valence-corrected chi connectivity index (χ3v) is 3.95. The van der Waals surface area contributed by atoms with Crippen molar-refractivity contribution in [3.63, 3.8) is 0 Å². The fraction of sp³-hybridized carbons (Fsp3) is 1.00. The van der Waals surface area contributed by atoms with E-state index < -0.39 is 15.4 Å². The molecule has 0 unspecified atom stereocenters. The van der Waals surface area contributed by atoms with E-state index in [9.17, 15) is 13.5 Å². The van der Waals surface area contributed by atoms with Gasteiger partial charge >= 0.3 is 0 Å². The minimum atomic E-state index is -2.82. The molecule has 0 aromatic rings. The fourth-order valence-electron chi connectivity index (χ4n) is 1.81. The Kier molecular flexibility index (Phi) is 4.14. The SMILES string of the molecule is CC1(O)CCN(CCCS(C)(=O)=O)CC1. The number of nitrogens with zero attached hydrogens (tertiary/aromatic N) is 1. The lowest BCUT2D eigenvalue weighted by Gasteiger charge is -2.35. The van der Waals surface area contributed by atoms with Gasteiger partial charge in [0.15, 0.2) is 0 Å². The van der Waals surface area contributed by atoms with Crippen molar-refractivity contribution >= 4 is 9.84 Å². The molecule has 0 atom stereocenters. The molecule has 1 heterocycles. The molecule has 0 aromatic heterocycles.